The van der Waals surface area contributed by atoms with Gasteiger partial charge in [0.1, 0.15) is 0 Å². The summed E-state index contributed by atoms with van der Waals surface area (Å²) in [5, 5.41) is 16.9. The molecule has 17 heavy (non-hydrogen) atoms. The van der Waals surface area contributed by atoms with Gasteiger partial charge in [-0.2, -0.15) is 12.1 Å². The maximum absolute atomic E-state index is 10.3. The van der Waals surface area contributed by atoms with Crippen LogP contribution in [0.1, 0.15) is 20.7 Å². The van der Waals surface area contributed by atoms with Crippen LogP contribution in [0.3, 0.4) is 0 Å². The van der Waals surface area contributed by atoms with Crippen LogP contribution >= 0.6 is 0 Å². The van der Waals surface area contributed by atoms with Gasteiger partial charge < -0.3 is 45.3 Å². The molecule has 0 saturated heterocycles. The minimum Gasteiger partial charge on any atom is -0.748 e. The van der Waals surface area contributed by atoms with E-state index in [2.05, 4.69) is 0 Å². The second-order valence-corrected chi connectivity index (χ2v) is 2.93. The number of hydrogen-bond acceptors (Lipinski definition) is 2. The fourth-order valence-corrected chi connectivity index (χ4v) is 1.11. The Hall–Kier alpha value is -1.84. The molecule has 2 rings (SSSR count). The average Bonchev–Trinajstić information content (AvgIpc) is 2.92. The van der Waals surface area contributed by atoms with E-state index in [1.807, 2.05) is 30.3 Å². The van der Waals surface area contributed by atoms with Crippen LogP contribution in [-0.2, 0) is 17.1 Å². The second-order valence-electron chi connectivity index (χ2n) is 2.93. The Balaban J connectivity index is 0.000000360. The Morgan fingerprint density at radius 3 is 1.82 bits per heavy atom. The Labute approximate surface area is 109 Å². The molecule has 0 aliphatic rings. The Kier molecular flexibility index (Phi) is 6.63. The van der Waals surface area contributed by atoms with Crippen LogP contribution in [0, 0.1) is 0 Å². The summed E-state index contributed by atoms with van der Waals surface area (Å²) in [7, 11) is 0. The van der Waals surface area contributed by atoms with Crippen LogP contribution in [0.4, 0.5) is 0 Å². The first-order valence-electron chi connectivity index (χ1n) is 4.52. The monoisotopic (exact) mass is 274 g/mol. The molecule has 0 aliphatic heterocycles. The van der Waals surface area contributed by atoms with Crippen LogP contribution in [-0.4, -0.2) is 22.2 Å². The van der Waals surface area contributed by atoms with E-state index in [1.54, 1.807) is 0 Å². The normalized spacial score (nSPS) is 8.47. The van der Waals surface area contributed by atoms with E-state index in [1.165, 1.54) is 18.2 Å². The van der Waals surface area contributed by atoms with E-state index >= 15 is 0 Å². The molecular weight excluding hydrogens is 264 g/mol. The SMILES string of the molecule is O=C(O)c1ccc[c-]1C(=O)O.[Fe].[cH-]1[cH-][cH-][cH-][cH-]1. The summed E-state index contributed by atoms with van der Waals surface area (Å²) in [6, 6.07) is 13.9. The van der Waals surface area contributed by atoms with E-state index in [4.69, 9.17) is 10.2 Å². The molecule has 0 aliphatic carbocycles. The summed E-state index contributed by atoms with van der Waals surface area (Å²) in [4.78, 5) is 20.6. The molecule has 2 aromatic rings. The third-order valence-corrected chi connectivity index (χ3v) is 1.83. The first-order chi connectivity index (χ1) is 7.63. The van der Waals surface area contributed by atoms with Crippen molar-refractivity contribution >= 4 is 11.9 Å². The van der Waals surface area contributed by atoms with Gasteiger partial charge in [0.2, 0.25) is 5.97 Å². The molecule has 5 heteroatoms. The van der Waals surface area contributed by atoms with Crippen molar-refractivity contribution in [2.45, 2.75) is 0 Å². The number of carbonyl (C=O) groups is 2. The summed E-state index contributed by atoms with van der Waals surface area (Å²) >= 11 is 0. The third-order valence-electron chi connectivity index (χ3n) is 1.83. The van der Waals surface area contributed by atoms with E-state index < -0.39 is 11.9 Å². The number of rotatable bonds is 2. The molecule has 0 radical (unpaired) electrons. The molecule has 0 amide bonds. The quantitative estimate of drug-likeness (QED) is 0.650. The van der Waals surface area contributed by atoms with Crippen LogP contribution in [0.2, 0.25) is 0 Å². The zero-order valence-corrected chi connectivity index (χ0v) is 9.79. The third kappa shape index (κ3) is 4.68. The number of carboxylic acid groups (broad SMARTS) is 2. The summed E-state index contributed by atoms with van der Waals surface area (Å²) in [6.45, 7) is 0. The van der Waals surface area contributed by atoms with Crippen molar-refractivity contribution in [1.82, 2.24) is 0 Å². The first-order valence-corrected chi connectivity index (χ1v) is 4.52. The van der Waals surface area contributed by atoms with Crippen molar-refractivity contribution < 1.29 is 36.9 Å². The van der Waals surface area contributed by atoms with Crippen molar-refractivity contribution in [1.29, 1.82) is 0 Å². The predicted molar refractivity (Wildman–Crippen MR) is 58.0 cm³/mol. The largest absolute Gasteiger partial charge is 0.748 e. The topological polar surface area (TPSA) is 74.6 Å². The van der Waals surface area contributed by atoms with E-state index in [0.29, 0.717) is 0 Å². The number of aromatic carboxylic acids is 2. The van der Waals surface area contributed by atoms with Crippen molar-refractivity contribution in [2.24, 2.45) is 0 Å². The van der Waals surface area contributed by atoms with E-state index in [-0.39, 0.29) is 28.2 Å². The molecule has 4 nitrogen and oxygen atoms in total. The van der Waals surface area contributed by atoms with Crippen molar-refractivity contribution in [3.05, 3.63) is 59.7 Å². The maximum atomic E-state index is 10.3. The smallest absolute Gasteiger partial charge is 0.292 e. The molecule has 0 fully saturated rings. The molecule has 0 spiro atoms. The van der Waals surface area contributed by atoms with Crippen molar-refractivity contribution in [2.75, 3.05) is 0 Å². The van der Waals surface area contributed by atoms with Crippen LogP contribution < -0.4 is 0 Å². The summed E-state index contributed by atoms with van der Waals surface area (Å²) in [6.07, 6.45) is 0. The zero-order valence-electron chi connectivity index (χ0n) is 8.68. The standard InChI is InChI=1S/C7H5O4.C5H5.Fe/c8-6(9)4-2-1-3-5(4)7(10)11;1-2-4-5-3-1;/h1-3H,(H,8,9)(H,10,11);1-5H;/q-1;-5;. The van der Waals surface area contributed by atoms with Crippen LogP contribution in [0.15, 0.2) is 48.5 Å². The van der Waals surface area contributed by atoms with Crippen molar-refractivity contribution in [3.63, 3.8) is 0 Å². The Morgan fingerprint density at radius 2 is 1.53 bits per heavy atom. The summed E-state index contributed by atoms with van der Waals surface area (Å²) < 4.78 is 0. The van der Waals surface area contributed by atoms with Gasteiger partial charge in [0.15, 0.2) is 0 Å². The molecule has 0 saturated carbocycles. The molecule has 0 aromatic heterocycles. The minimum absolute atomic E-state index is 0. The minimum atomic E-state index is -1.22. The Bertz CT molecular complexity index is 411. The molecule has 96 valence electrons. The van der Waals surface area contributed by atoms with Gasteiger partial charge in [0.05, 0.1) is 0 Å². The van der Waals surface area contributed by atoms with Gasteiger partial charge in [-0.05, 0) is 5.56 Å². The average molecular weight is 274 g/mol. The van der Waals surface area contributed by atoms with Gasteiger partial charge >= 0.3 is 0 Å². The molecule has 0 bridgehead atoms. The zero-order chi connectivity index (χ0) is 12.0. The number of hydrogen-bond donors (Lipinski definition) is 2. The van der Waals surface area contributed by atoms with Gasteiger partial charge in [-0.25, -0.2) is 0 Å². The first kappa shape index (κ1) is 15.2. The van der Waals surface area contributed by atoms with E-state index in [0.717, 1.165) is 0 Å². The number of carboxylic acids is 2. The molecule has 0 heterocycles. The van der Waals surface area contributed by atoms with E-state index in [9.17, 15) is 9.59 Å². The van der Waals surface area contributed by atoms with Gasteiger partial charge in [0.25, 0.3) is 5.97 Å². The maximum Gasteiger partial charge on any atom is 0.292 e. The van der Waals surface area contributed by atoms with Crippen molar-refractivity contribution in [3.8, 4) is 0 Å². The van der Waals surface area contributed by atoms with Gasteiger partial charge in [-0.15, -0.1) is 6.07 Å². The second kappa shape index (κ2) is 7.44. The van der Waals surface area contributed by atoms with Gasteiger partial charge in [-0.1, -0.05) is 5.56 Å². The molecule has 0 atom stereocenters. The van der Waals surface area contributed by atoms with Crippen LogP contribution in [0.5, 0.6) is 0 Å². The molecule has 2 aromatic carbocycles. The summed E-state index contributed by atoms with van der Waals surface area (Å²) in [5.41, 5.74) is -0.338. The van der Waals surface area contributed by atoms with Gasteiger partial charge in [-0.3, -0.25) is 4.79 Å². The fourth-order valence-electron chi connectivity index (χ4n) is 1.11. The van der Waals surface area contributed by atoms with Gasteiger partial charge in [0, 0.05) is 17.1 Å². The molecular formula is C12H10FeO4-6. The molecule has 0 unspecified atom stereocenters. The summed E-state index contributed by atoms with van der Waals surface area (Å²) in [5.74, 6) is -2.43. The molecule has 2 N–H and O–H groups in total. The fraction of sp³-hybridized carbons (Fsp3) is 0. The predicted octanol–water partition coefficient (Wildman–Crippen LogP) is 2.20. The van der Waals surface area contributed by atoms with Crippen LogP contribution in [0.25, 0.3) is 0 Å². The Morgan fingerprint density at radius 1 is 1.06 bits per heavy atom.